The molecular formula is C20H22N4O4. The first-order valence-corrected chi connectivity index (χ1v) is 9.23. The van der Waals surface area contributed by atoms with Gasteiger partial charge in [0.1, 0.15) is 11.6 Å². The van der Waals surface area contributed by atoms with Crippen LogP contribution in [-0.2, 0) is 24.3 Å². The molecule has 0 unspecified atom stereocenters. The number of nitrogens with one attached hydrogen (secondary N) is 1. The SMILES string of the molecule is Cc1ccoc1C(=O)N1CCn2cc(CC(=O)NCc3ccco3)nc2[C@@H]1C. The van der Waals surface area contributed by atoms with E-state index in [0.29, 0.717) is 36.8 Å². The van der Waals surface area contributed by atoms with E-state index in [0.717, 1.165) is 11.4 Å². The topological polar surface area (TPSA) is 93.5 Å². The average molecular weight is 382 g/mol. The number of nitrogens with zero attached hydrogens (tertiary/aromatic N) is 3. The van der Waals surface area contributed by atoms with Gasteiger partial charge in [-0.3, -0.25) is 9.59 Å². The second-order valence-corrected chi connectivity index (χ2v) is 6.92. The highest BCUT2D eigenvalue weighted by Crippen LogP contribution is 2.27. The summed E-state index contributed by atoms with van der Waals surface area (Å²) >= 11 is 0. The molecule has 1 aliphatic heterocycles. The smallest absolute Gasteiger partial charge is 0.290 e. The normalized spacial score (nSPS) is 16.1. The van der Waals surface area contributed by atoms with Crippen molar-refractivity contribution in [1.29, 1.82) is 0 Å². The summed E-state index contributed by atoms with van der Waals surface area (Å²) in [6, 6.07) is 5.17. The molecule has 28 heavy (non-hydrogen) atoms. The van der Waals surface area contributed by atoms with Crippen LogP contribution in [0, 0.1) is 6.92 Å². The molecule has 4 heterocycles. The van der Waals surface area contributed by atoms with Crippen LogP contribution in [0.15, 0.2) is 45.8 Å². The van der Waals surface area contributed by atoms with Gasteiger partial charge in [0.15, 0.2) is 5.76 Å². The lowest BCUT2D eigenvalue weighted by molar-refractivity contribution is -0.120. The lowest BCUT2D eigenvalue weighted by atomic mass is 10.1. The number of furan rings is 2. The van der Waals surface area contributed by atoms with Crippen LogP contribution in [0.3, 0.4) is 0 Å². The van der Waals surface area contributed by atoms with E-state index in [1.807, 2.05) is 30.7 Å². The van der Waals surface area contributed by atoms with E-state index in [4.69, 9.17) is 8.83 Å². The predicted octanol–water partition coefficient (Wildman–Crippen LogP) is 2.45. The Hall–Kier alpha value is -3.29. The summed E-state index contributed by atoms with van der Waals surface area (Å²) in [6.07, 6.45) is 5.16. The molecule has 8 nitrogen and oxygen atoms in total. The Bertz CT molecular complexity index is 986. The van der Waals surface area contributed by atoms with Gasteiger partial charge in [-0.2, -0.15) is 0 Å². The maximum absolute atomic E-state index is 12.8. The number of carbonyl (C=O) groups excluding carboxylic acids is 2. The summed E-state index contributed by atoms with van der Waals surface area (Å²) in [7, 11) is 0. The lowest BCUT2D eigenvalue weighted by Crippen LogP contribution is -2.41. The second kappa shape index (κ2) is 7.38. The lowest BCUT2D eigenvalue weighted by Gasteiger charge is -2.33. The van der Waals surface area contributed by atoms with Gasteiger partial charge >= 0.3 is 0 Å². The Balaban J connectivity index is 1.43. The van der Waals surface area contributed by atoms with Gasteiger partial charge in [0.25, 0.3) is 5.91 Å². The molecule has 1 N–H and O–H groups in total. The monoisotopic (exact) mass is 382 g/mol. The summed E-state index contributed by atoms with van der Waals surface area (Å²) in [5.74, 6) is 1.58. The number of imidazole rings is 1. The minimum absolute atomic E-state index is 0.126. The molecule has 0 saturated carbocycles. The zero-order valence-electron chi connectivity index (χ0n) is 15.8. The van der Waals surface area contributed by atoms with Crippen molar-refractivity contribution < 1.29 is 18.4 Å². The summed E-state index contributed by atoms with van der Waals surface area (Å²) < 4.78 is 12.6. The van der Waals surface area contributed by atoms with Gasteiger partial charge in [0.05, 0.1) is 37.2 Å². The zero-order valence-corrected chi connectivity index (χ0v) is 15.8. The first kappa shape index (κ1) is 18.1. The highest BCUT2D eigenvalue weighted by Gasteiger charge is 2.32. The van der Waals surface area contributed by atoms with Gasteiger partial charge < -0.3 is 23.6 Å². The molecular weight excluding hydrogens is 360 g/mol. The Labute approximate surface area is 162 Å². The largest absolute Gasteiger partial charge is 0.467 e. The third kappa shape index (κ3) is 3.45. The molecule has 1 aliphatic rings. The Morgan fingerprint density at radius 1 is 1.25 bits per heavy atom. The molecule has 1 atom stereocenters. The molecule has 0 aromatic carbocycles. The molecule has 0 spiro atoms. The van der Waals surface area contributed by atoms with E-state index >= 15 is 0 Å². The Kier molecular flexibility index (Phi) is 4.77. The second-order valence-electron chi connectivity index (χ2n) is 6.92. The maximum Gasteiger partial charge on any atom is 0.290 e. The van der Waals surface area contributed by atoms with Crippen LogP contribution in [0.1, 0.15) is 46.4 Å². The van der Waals surface area contributed by atoms with E-state index in [1.54, 1.807) is 23.3 Å². The van der Waals surface area contributed by atoms with Crippen molar-refractivity contribution in [3.8, 4) is 0 Å². The van der Waals surface area contributed by atoms with Crippen molar-refractivity contribution in [1.82, 2.24) is 19.8 Å². The van der Waals surface area contributed by atoms with E-state index < -0.39 is 0 Å². The van der Waals surface area contributed by atoms with E-state index in [2.05, 4.69) is 10.3 Å². The van der Waals surface area contributed by atoms with E-state index in [9.17, 15) is 9.59 Å². The van der Waals surface area contributed by atoms with E-state index in [1.165, 1.54) is 6.26 Å². The van der Waals surface area contributed by atoms with Crippen molar-refractivity contribution in [3.63, 3.8) is 0 Å². The molecule has 8 heteroatoms. The number of hydrogen-bond donors (Lipinski definition) is 1. The number of aromatic nitrogens is 2. The quantitative estimate of drug-likeness (QED) is 0.732. The van der Waals surface area contributed by atoms with Crippen molar-refractivity contribution in [2.45, 2.75) is 39.4 Å². The van der Waals surface area contributed by atoms with Gasteiger partial charge in [-0.05, 0) is 32.0 Å². The first-order chi connectivity index (χ1) is 13.5. The molecule has 0 bridgehead atoms. The molecule has 2 amide bonds. The van der Waals surface area contributed by atoms with Gasteiger partial charge in [-0.15, -0.1) is 0 Å². The highest BCUT2D eigenvalue weighted by atomic mass is 16.3. The molecule has 3 aromatic rings. The van der Waals surface area contributed by atoms with Gasteiger partial charge in [0, 0.05) is 24.8 Å². The van der Waals surface area contributed by atoms with Gasteiger partial charge in [0.2, 0.25) is 5.91 Å². The highest BCUT2D eigenvalue weighted by molar-refractivity contribution is 5.93. The van der Waals surface area contributed by atoms with Crippen LogP contribution >= 0.6 is 0 Å². The van der Waals surface area contributed by atoms with Crippen LogP contribution < -0.4 is 5.32 Å². The fraction of sp³-hybridized carbons (Fsp3) is 0.350. The number of hydrogen-bond acceptors (Lipinski definition) is 5. The standard InChI is InChI=1S/C20H22N4O4/c1-13-5-9-28-18(13)20(26)24-7-6-23-12-15(22-19(23)14(24)2)10-17(25)21-11-16-4-3-8-27-16/h3-5,8-9,12,14H,6-7,10-11H2,1-2H3,(H,21,25)/t14-/m0/s1. The third-order valence-electron chi connectivity index (χ3n) is 4.98. The minimum atomic E-state index is -0.203. The van der Waals surface area contributed by atoms with Crippen LogP contribution in [0.4, 0.5) is 0 Å². The van der Waals surface area contributed by atoms with Crippen LogP contribution in [0.25, 0.3) is 0 Å². The van der Waals surface area contributed by atoms with Gasteiger partial charge in [-0.1, -0.05) is 0 Å². The summed E-state index contributed by atoms with van der Waals surface area (Å²) in [5, 5.41) is 2.82. The van der Waals surface area contributed by atoms with Crippen molar-refractivity contribution in [2.75, 3.05) is 6.54 Å². The molecule has 4 rings (SSSR count). The molecule has 0 fully saturated rings. The van der Waals surface area contributed by atoms with Crippen molar-refractivity contribution in [3.05, 3.63) is 65.5 Å². The Morgan fingerprint density at radius 3 is 2.82 bits per heavy atom. The summed E-state index contributed by atoms with van der Waals surface area (Å²) in [5.41, 5.74) is 1.50. The van der Waals surface area contributed by atoms with Crippen LogP contribution in [0.5, 0.6) is 0 Å². The fourth-order valence-electron chi connectivity index (χ4n) is 3.46. The zero-order chi connectivity index (χ0) is 19.7. The van der Waals surface area contributed by atoms with Crippen LogP contribution in [0.2, 0.25) is 0 Å². The number of aryl methyl sites for hydroxylation is 1. The number of rotatable bonds is 5. The number of amides is 2. The summed E-state index contributed by atoms with van der Waals surface area (Å²) in [4.78, 5) is 31.4. The van der Waals surface area contributed by atoms with Crippen molar-refractivity contribution in [2.24, 2.45) is 0 Å². The third-order valence-corrected chi connectivity index (χ3v) is 4.98. The average Bonchev–Trinajstić information content (AvgIpc) is 3.40. The predicted molar refractivity (Wildman–Crippen MR) is 99.4 cm³/mol. The van der Waals surface area contributed by atoms with Crippen LogP contribution in [-0.4, -0.2) is 32.8 Å². The maximum atomic E-state index is 12.8. The van der Waals surface area contributed by atoms with E-state index in [-0.39, 0.29) is 24.3 Å². The Morgan fingerprint density at radius 2 is 2.11 bits per heavy atom. The number of fused-ring (bicyclic) bond motifs is 1. The fourth-order valence-corrected chi connectivity index (χ4v) is 3.46. The molecule has 0 saturated heterocycles. The molecule has 0 aliphatic carbocycles. The summed E-state index contributed by atoms with van der Waals surface area (Å²) in [6.45, 7) is 5.33. The number of carbonyl (C=O) groups is 2. The van der Waals surface area contributed by atoms with Crippen molar-refractivity contribution >= 4 is 11.8 Å². The molecule has 0 radical (unpaired) electrons. The molecule has 146 valence electrons. The molecule has 3 aromatic heterocycles. The van der Waals surface area contributed by atoms with Gasteiger partial charge in [-0.25, -0.2) is 4.98 Å². The first-order valence-electron chi connectivity index (χ1n) is 9.23. The minimum Gasteiger partial charge on any atom is -0.467 e.